The first-order valence-corrected chi connectivity index (χ1v) is 12.2. The third-order valence-electron chi connectivity index (χ3n) is 5.17. The first-order chi connectivity index (χ1) is 20.2. The van der Waals surface area contributed by atoms with Gasteiger partial charge in [0.2, 0.25) is 0 Å². The summed E-state index contributed by atoms with van der Waals surface area (Å²) in [6.07, 6.45) is -1.03. The van der Waals surface area contributed by atoms with E-state index in [1.807, 2.05) is 0 Å². The first-order valence-electron chi connectivity index (χ1n) is 12.2. The van der Waals surface area contributed by atoms with Crippen molar-refractivity contribution in [2.75, 3.05) is 53.7 Å². The summed E-state index contributed by atoms with van der Waals surface area (Å²) in [5, 5.41) is 17.2. The highest BCUT2D eigenvalue weighted by Gasteiger charge is 2.17. The molecule has 0 aliphatic carbocycles. The van der Waals surface area contributed by atoms with Crippen molar-refractivity contribution >= 4 is 29.7 Å². The van der Waals surface area contributed by atoms with Crippen LogP contribution in [0.15, 0.2) is 47.6 Å². The Hall–Kier alpha value is -5.18. The number of methoxy groups -OCH3 is 2. The van der Waals surface area contributed by atoms with E-state index in [1.165, 1.54) is 30.3 Å². The third kappa shape index (κ3) is 11.1. The zero-order valence-electron chi connectivity index (χ0n) is 22.7. The predicted molar refractivity (Wildman–Crippen MR) is 143 cm³/mol. The van der Waals surface area contributed by atoms with E-state index in [0.717, 1.165) is 14.2 Å². The SMILES string of the molecule is COC(=O)c1cc(C(=O)NCCNC(=O)c2cccc(OCC(N=[N+]=[N-])OCCOCC(=O)O)c2)cc(C(=O)OC)c1. The van der Waals surface area contributed by atoms with E-state index in [1.54, 1.807) is 12.1 Å². The lowest BCUT2D eigenvalue weighted by molar-refractivity contribution is -0.143. The first kappa shape index (κ1) is 33.0. The number of carbonyl (C=O) groups is 5. The van der Waals surface area contributed by atoms with Gasteiger partial charge in [-0.1, -0.05) is 11.2 Å². The molecule has 0 saturated heterocycles. The smallest absolute Gasteiger partial charge is 0.337 e. The summed E-state index contributed by atoms with van der Waals surface area (Å²) in [5.74, 6) is -3.38. The number of rotatable bonds is 17. The summed E-state index contributed by atoms with van der Waals surface area (Å²) in [6.45, 7) is -0.674. The third-order valence-corrected chi connectivity index (χ3v) is 5.17. The number of hydrogen-bond donors (Lipinski definition) is 3. The number of nitrogens with zero attached hydrogens (tertiary/aromatic N) is 3. The minimum absolute atomic E-state index is 0.0111. The average Bonchev–Trinajstić information content (AvgIpc) is 3.00. The van der Waals surface area contributed by atoms with Gasteiger partial charge in [-0.2, -0.15) is 0 Å². The molecule has 0 saturated carbocycles. The number of azide groups is 1. The highest BCUT2D eigenvalue weighted by molar-refractivity contribution is 6.02. The van der Waals surface area contributed by atoms with Crippen LogP contribution in [-0.2, 0) is 23.7 Å². The molecular formula is C26H29N5O11. The molecule has 2 amide bonds. The molecule has 42 heavy (non-hydrogen) atoms. The van der Waals surface area contributed by atoms with E-state index in [-0.39, 0.29) is 60.9 Å². The number of hydrogen-bond acceptors (Lipinski definition) is 11. The number of carboxylic acid groups (broad SMARTS) is 1. The van der Waals surface area contributed by atoms with Gasteiger partial charge in [0.05, 0.1) is 38.6 Å². The maximum absolute atomic E-state index is 12.6. The lowest BCUT2D eigenvalue weighted by Gasteiger charge is -2.14. The molecule has 0 heterocycles. The van der Waals surface area contributed by atoms with Crippen molar-refractivity contribution in [1.29, 1.82) is 0 Å². The summed E-state index contributed by atoms with van der Waals surface area (Å²) in [6, 6.07) is 9.91. The van der Waals surface area contributed by atoms with E-state index >= 15 is 0 Å². The molecule has 2 aromatic carbocycles. The number of ether oxygens (including phenoxy) is 5. The second-order valence-corrected chi connectivity index (χ2v) is 8.11. The van der Waals surface area contributed by atoms with Crippen LogP contribution in [0.4, 0.5) is 0 Å². The van der Waals surface area contributed by atoms with Crippen LogP contribution in [0, 0.1) is 0 Å². The number of carboxylic acids is 1. The standard InChI is InChI=1S/C26H29N5O11/c1-38-25(36)18-10-17(11-19(12-18)26(37)39-2)24(35)29-7-6-28-23(34)16-4-3-5-20(13-16)42-14-21(30-31-27)41-9-8-40-15-22(32)33/h3-5,10-13,21H,6-9,14-15H2,1-2H3,(H,28,34)(H,29,35)(H,32,33). The topological polar surface area (TPSA) is 225 Å². The number of nitrogens with one attached hydrogen (secondary N) is 2. The second kappa shape index (κ2) is 17.5. The molecule has 0 radical (unpaired) electrons. The van der Waals surface area contributed by atoms with E-state index < -0.39 is 42.6 Å². The molecule has 2 aromatic rings. The van der Waals surface area contributed by atoms with E-state index in [9.17, 15) is 24.0 Å². The van der Waals surface area contributed by atoms with Crippen LogP contribution in [-0.4, -0.2) is 94.8 Å². The molecule has 16 heteroatoms. The Kier molecular flexibility index (Phi) is 13.8. The number of benzene rings is 2. The Morgan fingerprint density at radius 2 is 1.48 bits per heavy atom. The number of esters is 2. The molecule has 16 nitrogen and oxygen atoms in total. The number of aliphatic carboxylic acids is 1. The molecule has 2 rings (SSSR count). The van der Waals surface area contributed by atoms with Crippen molar-refractivity contribution in [3.63, 3.8) is 0 Å². The lowest BCUT2D eigenvalue weighted by Crippen LogP contribution is -2.34. The second-order valence-electron chi connectivity index (χ2n) is 8.11. The van der Waals surface area contributed by atoms with Gasteiger partial charge in [0, 0.05) is 29.1 Å². The summed E-state index contributed by atoms with van der Waals surface area (Å²) < 4.78 is 25.0. The van der Waals surface area contributed by atoms with Crippen molar-refractivity contribution in [2.24, 2.45) is 5.11 Å². The summed E-state index contributed by atoms with van der Waals surface area (Å²) in [7, 11) is 2.33. The fraction of sp³-hybridized carbons (Fsp3) is 0.346. The van der Waals surface area contributed by atoms with Crippen LogP contribution >= 0.6 is 0 Å². The molecule has 0 spiro atoms. The fourth-order valence-electron chi connectivity index (χ4n) is 3.26. The molecular weight excluding hydrogens is 558 g/mol. The van der Waals surface area contributed by atoms with Gasteiger partial charge in [0.1, 0.15) is 19.0 Å². The van der Waals surface area contributed by atoms with Crippen molar-refractivity contribution in [2.45, 2.75) is 6.23 Å². The predicted octanol–water partition coefficient (Wildman–Crippen LogP) is 1.55. The van der Waals surface area contributed by atoms with E-state index in [0.29, 0.717) is 0 Å². The average molecular weight is 588 g/mol. The molecule has 0 aliphatic rings. The molecule has 0 fully saturated rings. The monoisotopic (exact) mass is 587 g/mol. The Bertz CT molecular complexity index is 1290. The summed E-state index contributed by atoms with van der Waals surface area (Å²) in [4.78, 5) is 62.2. The lowest BCUT2D eigenvalue weighted by atomic mass is 10.0. The maximum Gasteiger partial charge on any atom is 0.337 e. The Labute approximate surface area is 239 Å². The quantitative estimate of drug-likeness (QED) is 0.0791. The zero-order valence-corrected chi connectivity index (χ0v) is 22.7. The van der Waals surface area contributed by atoms with Crippen molar-refractivity contribution in [3.8, 4) is 5.75 Å². The Morgan fingerprint density at radius 1 is 0.881 bits per heavy atom. The van der Waals surface area contributed by atoms with Crippen LogP contribution in [0.25, 0.3) is 10.4 Å². The number of amides is 2. The van der Waals surface area contributed by atoms with Gasteiger partial charge < -0.3 is 39.4 Å². The van der Waals surface area contributed by atoms with Gasteiger partial charge in [0.15, 0.2) is 6.23 Å². The minimum Gasteiger partial charge on any atom is -0.491 e. The van der Waals surface area contributed by atoms with Gasteiger partial charge in [-0.15, -0.1) is 0 Å². The minimum atomic E-state index is -1.13. The molecule has 3 N–H and O–H groups in total. The van der Waals surface area contributed by atoms with Crippen molar-refractivity contribution < 1.29 is 52.8 Å². The van der Waals surface area contributed by atoms with Crippen molar-refractivity contribution in [1.82, 2.24) is 10.6 Å². The van der Waals surface area contributed by atoms with Crippen LogP contribution in [0.5, 0.6) is 5.75 Å². The Morgan fingerprint density at radius 3 is 2.05 bits per heavy atom. The van der Waals surface area contributed by atoms with Crippen LogP contribution in [0.1, 0.15) is 41.4 Å². The molecule has 0 bridgehead atoms. The molecule has 1 unspecified atom stereocenters. The summed E-state index contributed by atoms with van der Waals surface area (Å²) in [5.41, 5.74) is 8.96. The van der Waals surface area contributed by atoms with Gasteiger partial charge >= 0.3 is 17.9 Å². The van der Waals surface area contributed by atoms with Gasteiger partial charge in [-0.25, -0.2) is 14.4 Å². The summed E-state index contributed by atoms with van der Waals surface area (Å²) >= 11 is 0. The number of carbonyl (C=O) groups excluding carboxylic acids is 4. The largest absolute Gasteiger partial charge is 0.491 e. The van der Waals surface area contributed by atoms with Crippen LogP contribution in [0.3, 0.4) is 0 Å². The highest BCUT2D eigenvalue weighted by Crippen LogP contribution is 2.15. The molecule has 0 aromatic heterocycles. The van der Waals surface area contributed by atoms with E-state index in [4.69, 9.17) is 24.8 Å². The highest BCUT2D eigenvalue weighted by atomic mass is 16.6. The van der Waals surface area contributed by atoms with Gasteiger partial charge in [-0.3, -0.25) is 9.59 Å². The molecule has 1 atom stereocenters. The van der Waals surface area contributed by atoms with Crippen molar-refractivity contribution in [3.05, 3.63) is 75.2 Å². The fourth-order valence-corrected chi connectivity index (χ4v) is 3.26. The molecule has 0 aliphatic heterocycles. The Balaban J connectivity index is 1.87. The maximum atomic E-state index is 12.6. The van der Waals surface area contributed by atoms with Gasteiger partial charge in [0.25, 0.3) is 11.8 Å². The zero-order chi connectivity index (χ0) is 30.9. The van der Waals surface area contributed by atoms with Crippen LogP contribution in [0.2, 0.25) is 0 Å². The molecule has 224 valence electrons. The van der Waals surface area contributed by atoms with E-state index in [2.05, 4.69) is 30.1 Å². The normalized spacial score (nSPS) is 10.9. The van der Waals surface area contributed by atoms with Crippen LogP contribution < -0.4 is 15.4 Å². The van der Waals surface area contributed by atoms with Gasteiger partial charge in [-0.05, 0) is 41.9 Å².